The summed E-state index contributed by atoms with van der Waals surface area (Å²) in [7, 11) is 0. The molecule has 26 heavy (non-hydrogen) atoms. The highest BCUT2D eigenvalue weighted by Crippen LogP contribution is 2.15. The van der Waals surface area contributed by atoms with Crippen LogP contribution in [0.5, 0.6) is 0 Å². The van der Waals surface area contributed by atoms with E-state index in [0.717, 1.165) is 0 Å². The van der Waals surface area contributed by atoms with Crippen LogP contribution >= 0.6 is 22.6 Å². The fourth-order valence-corrected chi connectivity index (χ4v) is 3.53. The molecule has 1 rings (SSSR count). The summed E-state index contributed by atoms with van der Waals surface area (Å²) in [4.78, 5) is 37.7. The number of hydrogen-bond acceptors (Lipinski definition) is 6. The SMILES string of the molecule is C=C(CC(=O)NCC)[C@H](NC(=O)[C@@H]1C[N]([Al])CCN1C(=O)I)C(O)CO. The number of carbonyl (C=O) groups excluding carboxylic acids is 3. The zero-order valence-corrected chi connectivity index (χ0v) is 18.0. The number of amides is 3. The van der Waals surface area contributed by atoms with Crippen molar-refractivity contribution in [1.82, 2.24) is 19.4 Å². The Morgan fingerprint density at radius 3 is 2.58 bits per heavy atom. The van der Waals surface area contributed by atoms with Crippen molar-refractivity contribution in [3.05, 3.63) is 12.2 Å². The van der Waals surface area contributed by atoms with Crippen molar-refractivity contribution >= 4 is 54.8 Å². The third kappa shape index (κ3) is 6.79. The molecular weight excluding hydrogens is 470 g/mol. The van der Waals surface area contributed by atoms with Crippen LogP contribution in [0.25, 0.3) is 0 Å². The van der Waals surface area contributed by atoms with E-state index < -0.39 is 30.7 Å². The molecule has 1 saturated heterocycles. The van der Waals surface area contributed by atoms with Crippen LogP contribution in [-0.2, 0) is 9.59 Å². The average molecular weight is 494 g/mol. The van der Waals surface area contributed by atoms with Crippen molar-refractivity contribution in [3.8, 4) is 0 Å². The Morgan fingerprint density at radius 1 is 1.38 bits per heavy atom. The third-order valence-electron chi connectivity index (χ3n) is 4.01. The molecule has 1 unspecified atom stereocenters. The lowest BCUT2D eigenvalue weighted by molar-refractivity contribution is -0.128. The van der Waals surface area contributed by atoms with Gasteiger partial charge in [0.1, 0.15) is 12.1 Å². The topological polar surface area (TPSA) is 122 Å². The first-order valence-corrected chi connectivity index (χ1v) is 9.80. The van der Waals surface area contributed by atoms with E-state index >= 15 is 0 Å². The van der Waals surface area contributed by atoms with Crippen LogP contribution in [0.1, 0.15) is 13.3 Å². The number of aliphatic hydroxyl groups excluding tert-OH is 2. The van der Waals surface area contributed by atoms with Gasteiger partial charge in [0.2, 0.25) is 11.8 Å². The van der Waals surface area contributed by atoms with Crippen molar-refractivity contribution in [2.75, 3.05) is 32.8 Å². The molecule has 11 heteroatoms. The molecule has 1 aliphatic heterocycles. The second-order valence-corrected chi connectivity index (χ2v) is 7.63. The smallest absolute Gasteiger partial charge is 0.283 e. The molecule has 0 saturated carbocycles. The Labute approximate surface area is 174 Å². The van der Waals surface area contributed by atoms with Crippen LogP contribution in [-0.4, -0.2) is 102 Å². The zero-order chi connectivity index (χ0) is 19.9. The van der Waals surface area contributed by atoms with Gasteiger partial charge in [0.15, 0.2) is 0 Å². The number of aliphatic hydroxyl groups is 2. The standard InChI is InChI=1S/C15H24IN4O5.Al/c1-3-18-12(23)6-9(2)13(11(22)8-21)19-14(24)10-7-17-4-5-20(10)15(16)25;/h10-11,13,21-22H,2-8H2,1H3,(H,18,23)(H,19,24);/q-1;+1/t10-,11?,13-;/m0./s1. The first-order chi connectivity index (χ1) is 12.2. The van der Waals surface area contributed by atoms with Gasteiger partial charge in [-0.15, -0.1) is 0 Å². The summed E-state index contributed by atoms with van der Waals surface area (Å²) in [5.41, 5.74) is 0.275. The molecule has 3 amide bonds. The molecule has 1 heterocycles. The highest BCUT2D eigenvalue weighted by molar-refractivity contribution is 14.1. The minimum Gasteiger partial charge on any atom is -0.399 e. The number of nitrogens with one attached hydrogen (secondary N) is 2. The van der Waals surface area contributed by atoms with Crippen molar-refractivity contribution < 1.29 is 24.6 Å². The predicted molar refractivity (Wildman–Crippen MR) is 105 cm³/mol. The van der Waals surface area contributed by atoms with Crippen LogP contribution in [0.3, 0.4) is 0 Å². The van der Waals surface area contributed by atoms with Gasteiger partial charge >= 0.3 is 0 Å². The Hall–Kier alpha value is -0.708. The molecule has 0 bridgehead atoms. The second kappa shape index (κ2) is 11.2. The van der Waals surface area contributed by atoms with Gasteiger partial charge in [-0.1, -0.05) is 6.58 Å². The number of hydrogen-bond donors (Lipinski definition) is 4. The minimum atomic E-state index is -1.31. The molecule has 9 nitrogen and oxygen atoms in total. The van der Waals surface area contributed by atoms with Crippen molar-refractivity contribution in [3.63, 3.8) is 0 Å². The van der Waals surface area contributed by atoms with Crippen molar-refractivity contribution in [1.29, 1.82) is 0 Å². The van der Waals surface area contributed by atoms with Crippen LogP contribution in [0.15, 0.2) is 12.2 Å². The second-order valence-electron chi connectivity index (χ2n) is 5.98. The number of carbonyl (C=O) groups is 3. The lowest BCUT2D eigenvalue weighted by atomic mass is 9.99. The van der Waals surface area contributed by atoms with Crippen molar-refractivity contribution in [2.45, 2.75) is 31.5 Å². The van der Waals surface area contributed by atoms with E-state index in [9.17, 15) is 24.6 Å². The highest BCUT2D eigenvalue weighted by atomic mass is 127. The predicted octanol–water partition coefficient (Wildman–Crippen LogP) is -1.47. The maximum absolute atomic E-state index is 12.7. The number of rotatable bonds is 8. The molecule has 4 N–H and O–H groups in total. The Balaban J connectivity index is 2.88. The fraction of sp³-hybridized carbons (Fsp3) is 0.667. The average Bonchev–Trinajstić information content (AvgIpc) is 2.58. The first-order valence-electron chi connectivity index (χ1n) is 8.20. The molecule has 1 aliphatic rings. The third-order valence-corrected chi connectivity index (χ3v) is 5.10. The molecular formula is C15H24AlIN4O5. The van der Waals surface area contributed by atoms with Crippen LogP contribution in [0, 0.1) is 0 Å². The van der Waals surface area contributed by atoms with E-state index in [1.54, 1.807) is 29.5 Å². The van der Waals surface area contributed by atoms with E-state index in [2.05, 4.69) is 33.7 Å². The fourth-order valence-electron chi connectivity index (χ4n) is 2.64. The molecule has 0 aromatic rings. The highest BCUT2D eigenvalue weighted by Gasteiger charge is 2.35. The van der Waals surface area contributed by atoms with Gasteiger partial charge in [0.05, 0.1) is 12.6 Å². The lowest BCUT2D eigenvalue weighted by Crippen LogP contribution is -2.61. The number of piperazine rings is 1. The van der Waals surface area contributed by atoms with E-state index in [4.69, 9.17) is 0 Å². The summed E-state index contributed by atoms with van der Waals surface area (Å²) in [6, 6.07) is -1.74. The largest absolute Gasteiger partial charge is 0.399 e. The zero-order valence-electron chi connectivity index (χ0n) is 14.7. The van der Waals surface area contributed by atoms with Crippen LogP contribution in [0.2, 0.25) is 0 Å². The van der Waals surface area contributed by atoms with E-state index in [1.165, 1.54) is 4.90 Å². The summed E-state index contributed by atoms with van der Waals surface area (Å²) < 4.78 is 1.60. The Kier molecular flexibility index (Phi) is 10.1. The van der Waals surface area contributed by atoms with Gasteiger partial charge in [-0.25, -0.2) is 0 Å². The molecule has 3 atom stereocenters. The maximum atomic E-state index is 12.7. The summed E-state index contributed by atoms with van der Waals surface area (Å²) in [5, 5.41) is 24.6. The number of halogens is 1. The van der Waals surface area contributed by atoms with Gasteiger partial charge < -0.3 is 29.6 Å². The molecule has 0 aromatic heterocycles. The van der Waals surface area contributed by atoms with Gasteiger partial charge in [0.25, 0.3) is 20.4 Å². The van der Waals surface area contributed by atoms with E-state index in [1.807, 2.05) is 3.88 Å². The van der Waals surface area contributed by atoms with Gasteiger partial charge in [-0.05, 0) is 19.0 Å². The van der Waals surface area contributed by atoms with E-state index in [-0.39, 0.29) is 21.8 Å². The molecule has 1 fully saturated rings. The number of nitrogens with zero attached hydrogens (tertiary/aromatic N) is 2. The normalized spacial score (nSPS) is 20.2. The summed E-state index contributed by atoms with van der Waals surface area (Å²) in [5.74, 6) is -0.767. The summed E-state index contributed by atoms with van der Waals surface area (Å²) in [6.07, 6.45) is -1.40. The minimum absolute atomic E-state index is 0.0921. The molecule has 0 spiro atoms. The van der Waals surface area contributed by atoms with Gasteiger partial charge in [-0.2, -0.15) is 0 Å². The summed E-state index contributed by atoms with van der Waals surface area (Å²) >= 11 is 4.13. The molecule has 144 valence electrons. The Bertz CT molecular complexity index is 550. The monoisotopic (exact) mass is 494 g/mol. The summed E-state index contributed by atoms with van der Waals surface area (Å²) in [6.45, 7) is 6.73. The van der Waals surface area contributed by atoms with E-state index in [0.29, 0.717) is 26.2 Å². The van der Waals surface area contributed by atoms with Gasteiger partial charge in [-0.3, -0.25) is 14.4 Å². The Morgan fingerprint density at radius 2 is 2.04 bits per heavy atom. The van der Waals surface area contributed by atoms with Crippen LogP contribution < -0.4 is 10.6 Å². The molecule has 2 radical (unpaired) electrons. The quantitative estimate of drug-likeness (QED) is 0.108. The molecule has 0 aromatic carbocycles. The van der Waals surface area contributed by atoms with Crippen LogP contribution in [0.4, 0.5) is 4.79 Å². The lowest BCUT2D eigenvalue weighted by Gasteiger charge is -2.40. The maximum Gasteiger partial charge on any atom is 0.283 e. The first kappa shape index (κ1) is 23.3. The molecule has 0 aliphatic carbocycles. The van der Waals surface area contributed by atoms with Gasteiger partial charge in [0, 0.05) is 48.6 Å². The van der Waals surface area contributed by atoms with Crippen molar-refractivity contribution in [2.24, 2.45) is 0 Å².